The molecule has 0 bridgehead atoms. The van der Waals surface area contributed by atoms with E-state index in [1.165, 1.54) is 17.0 Å². The molecular weight excluding hydrogens is 266 g/mol. The van der Waals surface area contributed by atoms with Gasteiger partial charge in [0, 0.05) is 17.9 Å². The van der Waals surface area contributed by atoms with Crippen LogP contribution in [-0.2, 0) is 15.1 Å². The van der Waals surface area contributed by atoms with E-state index < -0.39 is 36.1 Å². The number of nitrogens with zero attached hydrogens (tertiary/aromatic N) is 3. The van der Waals surface area contributed by atoms with Gasteiger partial charge in [-0.2, -0.15) is 0 Å². The first-order valence-electron chi connectivity index (χ1n) is 5.89. The Morgan fingerprint density at radius 2 is 1.75 bits per heavy atom. The maximum Gasteiger partial charge on any atom is 0.323 e. The molecule has 0 amide bonds. The zero-order valence-electron chi connectivity index (χ0n) is 11.5. The highest BCUT2D eigenvalue weighted by Crippen LogP contribution is 2.12. The van der Waals surface area contributed by atoms with Gasteiger partial charge in [0.05, 0.1) is 0 Å². The van der Waals surface area contributed by atoms with E-state index in [1.807, 2.05) is 0 Å². The minimum atomic E-state index is -1.24. The second kappa shape index (κ2) is 5.72. The number of hydrogen-bond donors (Lipinski definition) is 2. The second-order valence-electron chi connectivity index (χ2n) is 5.24. The van der Waals surface area contributed by atoms with E-state index >= 15 is 0 Å². The van der Waals surface area contributed by atoms with Crippen molar-refractivity contribution in [2.75, 3.05) is 18.0 Å². The van der Waals surface area contributed by atoms with Crippen LogP contribution in [0.5, 0.6) is 0 Å². The van der Waals surface area contributed by atoms with Crippen molar-refractivity contribution in [2.24, 2.45) is 0 Å². The van der Waals surface area contributed by atoms with E-state index in [1.54, 1.807) is 20.8 Å². The standard InChI is InChI=1S/C12H17N3O5/c1-12(2,3)15-5-4-13-10(11(15)20)14(6-8(16)17)7-9(18)19/h4-5H,6-7H2,1-3H3,(H,16,17)(H,18,19). The molecule has 2 N–H and O–H groups in total. The minimum absolute atomic E-state index is 0.188. The Morgan fingerprint density at radius 3 is 2.15 bits per heavy atom. The number of anilines is 1. The van der Waals surface area contributed by atoms with Gasteiger partial charge in [-0.25, -0.2) is 4.98 Å². The third kappa shape index (κ3) is 3.81. The maximum absolute atomic E-state index is 12.3. The van der Waals surface area contributed by atoms with E-state index in [0.29, 0.717) is 0 Å². The SMILES string of the molecule is CC(C)(C)n1ccnc(N(CC(=O)O)CC(=O)O)c1=O. The van der Waals surface area contributed by atoms with Gasteiger partial charge in [0.15, 0.2) is 5.82 Å². The molecule has 1 aromatic rings. The Morgan fingerprint density at radius 1 is 1.25 bits per heavy atom. The summed E-state index contributed by atoms with van der Waals surface area (Å²) in [7, 11) is 0. The lowest BCUT2D eigenvalue weighted by molar-refractivity contribution is -0.136. The summed E-state index contributed by atoms with van der Waals surface area (Å²) in [6.07, 6.45) is 2.82. The van der Waals surface area contributed by atoms with Gasteiger partial charge in [0.1, 0.15) is 13.1 Å². The van der Waals surface area contributed by atoms with Gasteiger partial charge in [-0.1, -0.05) is 0 Å². The van der Waals surface area contributed by atoms with Crippen molar-refractivity contribution in [2.45, 2.75) is 26.3 Å². The Hall–Kier alpha value is -2.38. The zero-order chi connectivity index (χ0) is 15.5. The summed E-state index contributed by atoms with van der Waals surface area (Å²) in [6, 6.07) is 0. The van der Waals surface area contributed by atoms with Gasteiger partial charge in [0.2, 0.25) is 0 Å². The molecule has 1 aromatic heterocycles. The molecule has 0 atom stereocenters. The predicted octanol–water partition coefficient (Wildman–Crippen LogP) is -0.0261. The molecule has 0 spiro atoms. The number of aliphatic carboxylic acids is 2. The number of carboxylic acid groups (broad SMARTS) is 2. The summed E-state index contributed by atoms with van der Waals surface area (Å²) in [5.41, 5.74) is -1.05. The van der Waals surface area contributed by atoms with Crippen molar-refractivity contribution in [3.63, 3.8) is 0 Å². The third-order valence-electron chi connectivity index (χ3n) is 2.50. The van der Waals surface area contributed by atoms with Crippen molar-refractivity contribution in [3.8, 4) is 0 Å². The van der Waals surface area contributed by atoms with Crippen molar-refractivity contribution in [3.05, 3.63) is 22.7 Å². The Kier molecular flexibility index (Phi) is 4.49. The maximum atomic E-state index is 12.3. The lowest BCUT2D eigenvalue weighted by Crippen LogP contribution is -2.42. The fourth-order valence-corrected chi connectivity index (χ4v) is 1.68. The lowest BCUT2D eigenvalue weighted by atomic mass is 10.1. The van der Waals surface area contributed by atoms with E-state index in [-0.39, 0.29) is 5.82 Å². The van der Waals surface area contributed by atoms with E-state index in [9.17, 15) is 14.4 Å². The molecule has 110 valence electrons. The van der Waals surface area contributed by atoms with E-state index in [2.05, 4.69) is 4.98 Å². The molecule has 20 heavy (non-hydrogen) atoms. The zero-order valence-corrected chi connectivity index (χ0v) is 11.5. The fraction of sp³-hybridized carbons (Fsp3) is 0.500. The first kappa shape index (κ1) is 15.7. The summed E-state index contributed by atoms with van der Waals surface area (Å²) in [5.74, 6) is -2.66. The Balaban J connectivity index is 3.30. The number of hydrogen-bond acceptors (Lipinski definition) is 5. The van der Waals surface area contributed by atoms with Crippen LogP contribution < -0.4 is 10.5 Å². The molecule has 0 fully saturated rings. The van der Waals surface area contributed by atoms with Crippen molar-refractivity contribution in [1.82, 2.24) is 9.55 Å². The molecule has 0 saturated heterocycles. The highest BCUT2D eigenvalue weighted by Gasteiger charge is 2.22. The largest absolute Gasteiger partial charge is 0.480 e. The number of rotatable bonds is 5. The van der Waals surface area contributed by atoms with Crippen LogP contribution in [-0.4, -0.2) is 44.8 Å². The van der Waals surface area contributed by atoms with Gasteiger partial charge in [-0.3, -0.25) is 14.4 Å². The first-order valence-corrected chi connectivity index (χ1v) is 5.89. The first-order chi connectivity index (χ1) is 9.12. The van der Waals surface area contributed by atoms with Crippen LogP contribution in [0.1, 0.15) is 20.8 Å². The third-order valence-corrected chi connectivity index (χ3v) is 2.50. The summed E-state index contributed by atoms with van der Waals surface area (Å²) in [4.78, 5) is 38.6. The molecule has 0 aliphatic heterocycles. The highest BCUT2D eigenvalue weighted by atomic mass is 16.4. The van der Waals surface area contributed by atoms with Crippen molar-refractivity contribution < 1.29 is 19.8 Å². The van der Waals surface area contributed by atoms with Crippen LogP contribution in [0.2, 0.25) is 0 Å². The number of carboxylic acids is 2. The average Bonchev–Trinajstić information content (AvgIpc) is 2.25. The topological polar surface area (TPSA) is 113 Å². The minimum Gasteiger partial charge on any atom is -0.480 e. The number of carbonyl (C=O) groups is 2. The molecule has 0 aromatic carbocycles. The highest BCUT2D eigenvalue weighted by molar-refractivity contribution is 5.78. The molecule has 8 heteroatoms. The van der Waals surface area contributed by atoms with Gasteiger partial charge in [0.25, 0.3) is 5.56 Å². The van der Waals surface area contributed by atoms with Crippen LogP contribution in [0.25, 0.3) is 0 Å². The Bertz CT molecular complexity index is 557. The predicted molar refractivity (Wildman–Crippen MR) is 71.0 cm³/mol. The summed E-state index contributed by atoms with van der Waals surface area (Å²) in [5, 5.41) is 17.6. The van der Waals surface area contributed by atoms with Crippen LogP contribution in [0.15, 0.2) is 17.2 Å². The summed E-state index contributed by atoms with van der Waals surface area (Å²) >= 11 is 0. The van der Waals surface area contributed by atoms with Gasteiger partial charge in [-0.05, 0) is 20.8 Å². The lowest BCUT2D eigenvalue weighted by Gasteiger charge is -2.25. The fourth-order valence-electron chi connectivity index (χ4n) is 1.68. The summed E-state index contributed by atoms with van der Waals surface area (Å²) < 4.78 is 1.38. The average molecular weight is 283 g/mol. The molecule has 0 aliphatic carbocycles. The quantitative estimate of drug-likeness (QED) is 0.780. The molecule has 1 rings (SSSR count). The smallest absolute Gasteiger partial charge is 0.323 e. The van der Waals surface area contributed by atoms with Crippen LogP contribution in [0.4, 0.5) is 5.82 Å². The normalized spacial score (nSPS) is 11.2. The van der Waals surface area contributed by atoms with E-state index in [0.717, 1.165) is 4.90 Å². The van der Waals surface area contributed by atoms with Crippen LogP contribution >= 0.6 is 0 Å². The Labute approximate surface area is 115 Å². The molecule has 0 radical (unpaired) electrons. The molecule has 0 aliphatic rings. The van der Waals surface area contributed by atoms with Crippen LogP contribution in [0.3, 0.4) is 0 Å². The van der Waals surface area contributed by atoms with Crippen molar-refractivity contribution in [1.29, 1.82) is 0 Å². The summed E-state index contributed by atoms with van der Waals surface area (Å²) in [6.45, 7) is 4.19. The monoisotopic (exact) mass is 283 g/mol. The van der Waals surface area contributed by atoms with E-state index in [4.69, 9.17) is 10.2 Å². The van der Waals surface area contributed by atoms with Crippen molar-refractivity contribution >= 4 is 17.8 Å². The number of aromatic nitrogens is 2. The van der Waals surface area contributed by atoms with Crippen LogP contribution in [0, 0.1) is 0 Å². The molecule has 1 heterocycles. The van der Waals surface area contributed by atoms with Gasteiger partial charge >= 0.3 is 11.9 Å². The molecular formula is C12H17N3O5. The molecule has 0 saturated carbocycles. The molecule has 8 nitrogen and oxygen atoms in total. The molecule has 0 unspecified atom stereocenters. The van der Waals surface area contributed by atoms with Gasteiger partial charge in [-0.15, -0.1) is 0 Å². The van der Waals surface area contributed by atoms with Gasteiger partial charge < -0.3 is 19.7 Å². The second-order valence-corrected chi connectivity index (χ2v) is 5.24.